The minimum Gasteiger partial charge on any atom is -0.335 e. The van der Waals surface area contributed by atoms with Gasteiger partial charge in [-0.3, -0.25) is 10.1 Å². The van der Waals surface area contributed by atoms with Crippen molar-refractivity contribution in [2.24, 2.45) is 5.92 Å². The van der Waals surface area contributed by atoms with Gasteiger partial charge in [0, 0.05) is 6.54 Å². The van der Waals surface area contributed by atoms with Gasteiger partial charge in [0.1, 0.15) is 5.54 Å². The second kappa shape index (κ2) is 6.03. The van der Waals surface area contributed by atoms with Crippen LogP contribution in [-0.2, 0) is 11.3 Å². The molecule has 1 aromatic rings. The lowest BCUT2D eigenvalue weighted by Gasteiger charge is -2.29. The summed E-state index contributed by atoms with van der Waals surface area (Å²) in [6, 6.07) is 2.59. The Hall–Kier alpha value is -1.99. The van der Waals surface area contributed by atoms with Crippen LogP contribution < -0.4 is 16.0 Å². The fourth-order valence-electron chi connectivity index (χ4n) is 3.82. The molecular weight excluding hydrogens is 379 g/mol. The van der Waals surface area contributed by atoms with E-state index in [2.05, 4.69) is 16.0 Å². The number of carbonyl (C=O) groups is 3. The van der Waals surface area contributed by atoms with Crippen molar-refractivity contribution in [3.8, 4) is 0 Å². The summed E-state index contributed by atoms with van der Waals surface area (Å²) >= 11 is 12.2. The number of imide groups is 1. The van der Waals surface area contributed by atoms with Gasteiger partial charge in [-0.25, -0.2) is 9.59 Å². The molecule has 2 heterocycles. The number of nitrogens with zero attached hydrogens (tertiary/aromatic N) is 1. The molecule has 3 aliphatic rings. The molecule has 2 fully saturated rings. The highest BCUT2D eigenvalue weighted by Gasteiger charge is 2.56. The molecule has 0 bridgehead atoms. The third kappa shape index (κ3) is 2.70. The van der Waals surface area contributed by atoms with Crippen LogP contribution in [0.5, 0.6) is 0 Å². The number of hydrogen-bond acceptors (Lipinski definition) is 3. The monoisotopic (exact) mass is 396 g/mol. The van der Waals surface area contributed by atoms with Crippen molar-refractivity contribution in [2.75, 3.05) is 6.54 Å². The predicted octanol–water partition coefficient (Wildman–Crippen LogP) is 2.57. The maximum Gasteiger partial charge on any atom is 0.322 e. The van der Waals surface area contributed by atoms with Gasteiger partial charge in [-0.15, -0.1) is 0 Å². The largest absolute Gasteiger partial charge is 0.335 e. The third-order valence-electron chi connectivity index (χ3n) is 5.46. The Morgan fingerprint density at radius 2 is 2.00 bits per heavy atom. The van der Waals surface area contributed by atoms with Crippen molar-refractivity contribution in [1.29, 1.82) is 0 Å². The van der Waals surface area contributed by atoms with Crippen LogP contribution in [-0.4, -0.2) is 35.0 Å². The Bertz CT molecular complexity index is 826. The van der Waals surface area contributed by atoms with Crippen LogP contribution in [0.3, 0.4) is 0 Å². The molecule has 0 radical (unpaired) electrons. The molecule has 4 rings (SSSR count). The molecule has 2 atom stereocenters. The van der Waals surface area contributed by atoms with Gasteiger partial charge in [-0.2, -0.15) is 0 Å². The molecule has 1 saturated heterocycles. The van der Waals surface area contributed by atoms with Crippen molar-refractivity contribution in [3.63, 3.8) is 0 Å². The van der Waals surface area contributed by atoms with E-state index in [4.69, 9.17) is 23.2 Å². The smallest absolute Gasteiger partial charge is 0.322 e. The molecule has 2 aliphatic heterocycles. The van der Waals surface area contributed by atoms with Crippen LogP contribution in [0.15, 0.2) is 12.1 Å². The van der Waals surface area contributed by atoms with Gasteiger partial charge in [0.05, 0.1) is 22.6 Å². The highest BCUT2D eigenvalue weighted by Crippen LogP contribution is 2.41. The summed E-state index contributed by atoms with van der Waals surface area (Å²) in [6.07, 6.45) is 1.71. The van der Waals surface area contributed by atoms with E-state index in [1.807, 2.05) is 6.92 Å². The third-order valence-corrected chi connectivity index (χ3v) is 6.18. The van der Waals surface area contributed by atoms with E-state index in [0.717, 1.165) is 24.0 Å². The van der Waals surface area contributed by atoms with E-state index in [1.54, 1.807) is 17.0 Å². The van der Waals surface area contributed by atoms with Crippen LogP contribution in [0.2, 0.25) is 10.0 Å². The van der Waals surface area contributed by atoms with E-state index < -0.39 is 11.6 Å². The fraction of sp³-hybridized carbons (Fsp3) is 0.471. The lowest BCUT2D eigenvalue weighted by atomic mass is 9.93. The molecule has 138 valence electrons. The Labute approximate surface area is 160 Å². The van der Waals surface area contributed by atoms with Crippen LogP contribution in [0.1, 0.15) is 36.9 Å². The number of fused-ring (bicyclic) bond motifs is 1. The first kappa shape index (κ1) is 17.4. The zero-order valence-corrected chi connectivity index (χ0v) is 15.6. The molecule has 3 N–H and O–H groups in total. The van der Waals surface area contributed by atoms with E-state index in [9.17, 15) is 14.4 Å². The lowest BCUT2D eigenvalue weighted by molar-refractivity contribution is -0.124. The van der Waals surface area contributed by atoms with Crippen molar-refractivity contribution in [2.45, 2.75) is 37.9 Å². The number of carbonyl (C=O) groups excluding carboxylic acids is 3. The number of benzene rings is 1. The van der Waals surface area contributed by atoms with Gasteiger partial charge in [0.25, 0.3) is 5.91 Å². The first-order valence-electron chi connectivity index (χ1n) is 8.47. The fourth-order valence-corrected chi connectivity index (χ4v) is 4.18. The van der Waals surface area contributed by atoms with Crippen molar-refractivity contribution >= 4 is 41.2 Å². The molecule has 1 aliphatic carbocycles. The summed E-state index contributed by atoms with van der Waals surface area (Å²) in [7, 11) is 0. The minimum absolute atomic E-state index is 0.0556. The summed E-state index contributed by atoms with van der Waals surface area (Å²) in [5.74, 6) is -0.318. The summed E-state index contributed by atoms with van der Waals surface area (Å²) in [5.41, 5.74) is 0.860. The lowest BCUT2D eigenvalue weighted by Crippen LogP contribution is -2.58. The summed E-state index contributed by atoms with van der Waals surface area (Å²) < 4.78 is 0. The summed E-state index contributed by atoms with van der Waals surface area (Å²) in [6.45, 7) is 2.39. The molecule has 7 nitrogen and oxygen atoms in total. The first-order valence-corrected chi connectivity index (χ1v) is 9.23. The highest BCUT2D eigenvalue weighted by atomic mass is 35.5. The second-order valence-corrected chi connectivity index (χ2v) is 7.90. The van der Waals surface area contributed by atoms with Gasteiger partial charge in [-0.05, 0) is 48.9 Å². The van der Waals surface area contributed by atoms with Crippen molar-refractivity contribution in [1.82, 2.24) is 20.9 Å². The second-order valence-electron chi connectivity index (χ2n) is 7.08. The maximum absolute atomic E-state index is 12.7. The van der Waals surface area contributed by atoms with E-state index in [1.165, 1.54) is 0 Å². The van der Waals surface area contributed by atoms with Gasteiger partial charge in [0.2, 0.25) is 0 Å². The molecule has 0 spiro atoms. The molecule has 0 unspecified atom stereocenters. The quantitative estimate of drug-likeness (QED) is 0.685. The summed E-state index contributed by atoms with van der Waals surface area (Å²) in [4.78, 5) is 38.2. The number of urea groups is 2. The topological polar surface area (TPSA) is 90.5 Å². The van der Waals surface area contributed by atoms with Crippen LogP contribution in [0.25, 0.3) is 0 Å². The van der Waals surface area contributed by atoms with E-state index in [-0.39, 0.29) is 30.4 Å². The summed E-state index contributed by atoms with van der Waals surface area (Å²) in [5, 5.41) is 8.71. The number of nitrogens with one attached hydrogen (secondary N) is 3. The normalized spacial score (nSPS) is 27.2. The molecule has 0 aromatic heterocycles. The zero-order valence-electron chi connectivity index (χ0n) is 14.1. The van der Waals surface area contributed by atoms with Crippen LogP contribution >= 0.6 is 23.2 Å². The number of amides is 5. The van der Waals surface area contributed by atoms with Gasteiger partial charge < -0.3 is 15.5 Å². The van der Waals surface area contributed by atoms with Gasteiger partial charge in [-0.1, -0.05) is 23.2 Å². The zero-order chi connectivity index (χ0) is 18.6. The standard InChI is InChI=1S/C17H18Cl2N4O3/c1-8-11-5-13(19)12(18)4-9(11)6-23(8)16(26)20-7-17(10-2-3-10)14(24)21-15(25)22-17/h4-5,8,10H,2-3,6-7H2,1H3,(H,20,26)(H2,21,22,24,25)/t8-,17+/m1/s1. The minimum atomic E-state index is -1.05. The molecule has 26 heavy (non-hydrogen) atoms. The Morgan fingerprint density at radius 1 is 1.31 bits per heavy atom. The Kier molecular flexibility index (Phi) is 4.04. The Morgan fingerprint density at radius 3 is 2.62 bits per heavy atom. The van der Waals surface area contributed by atoms with Crippen LogP contribution in [0.4, 0.5) is 9.59 Å². The van der Waals surface area contributed by atoms with Crippen LogP contribution in [0, 0.1) is 5.92 Å². The predicted molar refractivity (Wildman–Crippen MR) is 95.9 cm³/mol. The average molecular weight is 397 g/mol. The number of hydrogen-bond donors (Lipinski definition) is 3. The van der Waals surface area contributed by atoms with E-state index >= 15 is 0 Å². The molecule has 1 saturated carbocycles. The highest BCUT2D eigenvalue weighted by molar-refractivity contribution is 6.42. The van der Waals surface area contributed by atoms with Gasteiger partial charge >= 0.3 is 12.1 Å². The van der Waals surface area contributed by atoms with Gasteiger partial charge in [0.15, 0.2) is 0 Å². The van der Waals surface area contributed by atoms with Crippen molar-refractivity contribution < 1.29 is 14.4 Å². The van der Waals surface area contributed by atoms with Crippen molar-refractivity contribution in [3.05, 3.63) is 33.3 Å². The van der Waals surface area contributed by atoms with E-state index in [0.29, 0.717) is 16.6 Å². The molecule has 5 amide bonds. The number of halogens is 2. The number of rotatable bonds is 3. The maximum atomic E-state index is 12.7. The average Bonchev–Trinajstić information content (AvgIpc) is 3.33. The Balaban J connectivity index is 1.47. The molecule has 1 aromatic carbocycles. The SMILES string of the molecule is C[C@@H]1c2cc(Cl)c(Cl)cc2CN1C(=O)NC[C@@]1(C2CC2)NC(=O)NC1=O. The first-order chi connectivity index (χ1) is 12.3. The molecule has 9 heteroatoms. The molecular formula is C17H18Cl2N4O3.